The fourth-order valence-corrected chi connectivity index (χ4v) is 2.53. The van der Waals surface area contributed by atoms with Gasteiger partial charge in [0.05, 0.1) is 12.6 Å². The molecule has 0 radical (unpaired) electrons. The van der Waals surface area contributed by atoms with E-state index in [0.29, 0.717) is 12.0 Å². The summed E-state index contributed by atoms with van der Waals surface area (Å²) in [6.07, 6.45) is 0.0633. The summed E-state index contributed by atoms with van der Waals surface area (Å²) in [5.74, 6) is -4.05. The Kier molecular flexibility index (Phi) is 2.83. The molecule has 0 unspecified atom stereocenters. The van der Waals surface area contributed by atoms with Gasteiger partial charge >= 0.3 is 0 Å². The summed E-state index contributed by atoms with van der Waals surface area (Å²) in [5, 5.41) is 1.04. The second-order valence-corrected chi connectivity index (χ2v) is 5.53. The van der Waals surface area contributed by atoms with Crippen LogP contribution in [0, 0.1) is 11.2 Å². The first-order valence-corrected chi connectivity index (χ1v) is 6.45. The molecule has 3 nitrogen and oxygen atoms in total. The van der Waals surface area contributed by atoms with Crippen molar-refractivity contribution in [3.63, 3.8) is 0 Å². The van der Waals surface area contributed by atoms with E-state index in [9.17, 15) is 18.0 Å². The Morgan fingerprint density at radius 2 is 1.95 bits per heavy atom. The van der Waals surface area contributed by atoms with Crippen LogP contribution in [0.3, 0.4) is 0 Å². The molecule has 2 atom stereocenters. The highest BCUT2D eigenvalue weighted by molar-refractivity contribution is 5.86. The van der Waals surface area contributed by atoms with E-state index in [1.165, 1.54) is 19.1 Å². The van der Waals surface area contributed by atoms with Gasteiger partial charge in [-0.15, -0.1) is 0 Å². The van der Waals surface area contributed by atoms with Gasteiger partial charge in [0.15, 0.2) is 0 Å². The molecule has 108 valence electrons. The van der Waals surface area contributed by atoms with E-state index in [1.54, 1.807) is 12.1 Å². The molecule has 1 aliphatic carbocycles. The number of carbonyl (C=O) groups is 1. The van der Waals surface area contributed by atoms with Crippen LogP contribution in [0.4, 0.5) is 13.2 Å². The summed E-state index contributed by atoms with van der Waals surface area (Å²) in [5.41, 5.74) is -0.986. The van der Waals surface area contributed by atoms with E-state index in [0.717, 1.165) is 5.06 Å². The monoisotopic (exact) mass is 285 g/mol. The van der Waals surface area contributed by atoms with Crippen molar-refractivity contribution >= 4 is 5.91 Å². The van der Waals surface area contributed by atoms with Crippen LogP contribution >= 0.6 is 0 Å². The summed E-state index contributed by atoms with van der Waals surface area (Å²) in [7, 11) is 0. The highest BCUT2D eigenvalue weighted by atomic mass is 19.3. The third-order valence-electron chi connectivity index (χ3n) is 4.09. The van der Waals surface area contributed by atoms with Crippen molar-refractivity contribution in [2.24, 2.45) is 5.41 Å². The molecule has 2 aliphatic rings. The molecule has 1 saturated carbocycles. The number of carbonyl (C=O) groups excluding carboxylic acids is 1. The van der Waals surface area contributed by atoms with Crippen molar-refractivity contribution in [2.45, 2.75) is 31.7 Å². The lowest BCUT2D eigenvalue weighted by molar-refractivity contribution is -0.186. The molecular weight excluding hydrogens is 271 g/mol. The lowest BCUT2D eigenvalue weighted by Crippen LogP contribution is -2.37. The number of amides is 1. The maximum absolute atomic E-state index is 13.3. The second kappa shape index (κ2) is 4.22. The lowest BCUT2D eigenvalue weighted by atomic mass is 10.0. The van der Waals surface area contributed by atoms with Crippen LogP contribution in [-0.2, 0) is 9.63 Å². The van der Waals surface area contributed by atoms with Crippen LogP contribution in [0.2, 0.25) is 0 Å². The fraction of sp³-hybridized carbons (Fsp3) is 0.500. The van der Waals surface area contributed by atoms with E-state index in [-0.39, 0.29) is 12.4 Å². The predicted octanol–water partition coefficient (Wildman–Crippen LogP) is 3.08. The third kappa shape index (κ3) is 1.90. The van der Waals surface area contributed by atoms with Gasteiger partial charge in [-0.2, -0.15) is 0 Å². The molecule has 0 spiro atoms. The minimum atomic E-state index is -2.97. The van der Waals surface area contributed by atoms with Crippen LogP contribution in [-0.4, -0.2) is 23.5 Å². The molecule has 1 heterocycles. The minimum Gasteiger partial charge on any atom is -0.272 e. The van der Waals surface area contributed by atoms with E-state index in [4.69, 9.17) is 4.84 Å². The van der Waals surface area contributed by atoms with Gasteiger partial charge in [0.2, 0.25) is 0 Å². The standard InChI is InChI=1S/C14H14F3NO2/c1-13(8-14(13,16)17)12(19)18-11(6-7-20-18)9-2-4-10(15)5-3-9/h2-5,11H,6-8H2,1H3/t11-,13+/m0/s1. The number of halogens is 3. The smallest absolute Gasteiger partial charge is 0.263 e. The normalized spacial score (nSPS) is 31.4. The van der Waals surface area contributed by atoms with Crippen molar-refractivity contribution < 1.29 is 22.8 Å². The van der Waals surface area contributed by atoms with Gasteiger partial charge in [0, 0.05) is 12.8 Å². The number of alkyl halides is 2. The Hall–Kier alpha value is -1.56. The number of nitrogens with zero attached hydrogens (tertiary/aromatic N) is 1. The van der Waals surface area contributed by atoms with Gasteiger partial charge in [0.25, 0.3) is 11.8 Å². The van der Waals surface area contributed by atoms with Gasteiger partial charge in [-0.05, 0) is 24.6 Å². The Labute approximate surface area is 114 Å². The zero-order chi connectivity index (χ0) is 14.5. The van der Waals surface area contributed by atoms with Crippen LogP contribution in [0.5, 0.6) is 0 Å². The third-order valence-corrected chi connectivity index (χ3v) is 4.09. The molecule has 1 saturated heterocycles. The molecule has 2 fully saturated rings. The summed E-state index contributed by atoms with van der Waals surface area (Å²) < 4.78 is 39.5. The number of hydrogen-bond donors (Lipinski definition) is 0. The first-order valence-electron chi connectivity index (χ1n) is 6.45. The van der Waals surface area contributed by atoms with Crippen molar-refractivity contribution in [3.05, 3.63) is 35.6 Å². The molecule has 1 aromatic carbocycles. The van der Waals surface area contributed by atoms with Crippen molar-refractivity contribution in [2.75, 3.05) is 6.61 Å². The first-order chi connectivity index (χ1) is 9.35. The average molecular weight is 285 g/mol. The Balaban J connectivity index is 1.83. The van der Waals surface area contributed by atoms with Crippen molar-refractivity contribution in [3.8, 4) is 0 Å². The largest absolute Gasteiger partial charge is 0.272 e. The molecular formula is C14H14F3NO2. The SMILES string of the molecule is C[C@]1(C(=O)N2OCC[C@H]2c2ccc(F)cc2)CC1(F)F. The Morgan fingerprint density at radius 1 is 1.35 bits per heavy atom. The second-order valence-electron chi connectivity index (χ2n) is 5.53. The first kappa shape index (κ1) is 13.4. The molecule has 6 heteroatoms. The molecule has 1 amide bonds. The summed E-state index contributed by atoms with van der Waals surface area (Å²) in [4.78, 5) is 17.5. The van der Waals surface area contributed by atoms with Gasteiger partial charge in [-0.25, -0.2) is 18.2 Å². The molecule has 3 rings (SSSR count). The predicted molar refractivity (Wildman–Crippen MR) is 64.2 cm³/mol. The van der Waals surface area contributed by atoms with Crippen LogP contribution in [0.1, 0.15) is 31.4 Å². The summed E-state index contributed by atoms with van der Waals surface area (Å²) in [6.45, 7) is 1.54. The fourth-order valence-electron chi connectivity index (χ4n) is 2.53. The quantitative estimate of drug-likeness (QED) is 0.835. The van der Waals surface area contributed by atoms with Crippen LogP contribution in [0.15, 0.2) is 24.3 Å². The van der Waals surface area contributed by atoms with Crippen molar-refractivity contribution in [1.82, 2.24) is 5.06 Å². The van der Waals surface area contributed by atoms with Crippen molar-refractivity contribution in [1.29, 1.82) is 0 Å². The molecule has 0 bridgehead atoms. The number of hydrogen-bond acceptors (Lipinski definition) is 2. The molecule has 1 aliphatic heterocycles. The minimum absolute atomic E-state index is 0.287. The van der Waals surface area contributed by atoms with E-state index in [2.05, 4.69) is 0 Å². The van der Waals surface area contributed by atoms with Gasteiger partial charge in [-0.3, -0.25) is 9.63 Å². The zero-order valence-corrected chi connectivity index (χ0v) is 10.9. The number of hydroxylamine groups is 2. The number of rotatable bonds is 2. The number of benzene rings is 1. The zero-order valence-electron chi connectivity index (χ0n) is 10.9. The van der Waals surface area contributed by atoms with Gasteiger partial charge in [-0.1, -0.05) is 12.1 Å². The van der Waals surface area contributed by atoms with Gasteiger partial charge in [0.1, 0.15) is 11.2 Å². The topological polar surface area (TPSA) is 29.5 Å². The lowest BCUT2D eigenvalue weighted by Gasteiger charge is -2.25. The molecule has 0 aromatic heterocycles. The highest BCUT2D eigenvalue weighted by Gasteiger charge is 2.74. The maximum Gasteiger partial charge on any atom is 0.263 e. The van der Waals surface area contributed by atoms with E-state index < -0.39 is 29.7 Å². The maximum atomic E-state index is 13.3. The van der Waals surface area contributed by atoms with Crippen LogP contribution in [0.25, 0.3) is 0 Å². The Morgan fingerprint density at radius 3 is 2.50 bits per heavy atom. The summed E-state index contributed by atoms with van der Waals surface area (Å²) in [6, 6.07) is 5.22. The molecule has 20 heavy (non-hydrogen) atoms. The van der Waals surface area contributed by atoms with Crippen LogP contribution < -0.4 is 0 Å². The van der Waals surface area contributed by atoms with E-state index in [1.807, 2.05) is 0 Å². The summed E-state index contributed by atoms with van der Waals surface area (Å²) >= 11 is 0. The Bertz CT molecular complexity index is 546. The van der Waals surface area contributed by atoms with E-state index >= 15 is 0 Å². The van der Waals surface area contributed by atoms with Gasteiger partial charge < -0.3 is 0 Å². The highest BCUT2D eigenvalue weighted by Crippen LogP contribution is 2.61. The molecule has 1 aromatic rings. The average Bonchev–Trinajstić information content (AvgIpc) is 2.80. The molecule has 0 N–H and O–H groups in total.